The molecular weight excluding hydrogens is 763 g/mol. The van der Waals surface area contributed by atoms with E-state index in [1.165, 1.54) is 19.9 Å². The van der Waals surface area contributed by atoms with Gasteiger partial charge in [0.05, 0.1) is 42.2 Å². The molecule has 56 heavy (non-hydrogen) atoms. The summed E-state index contributed by atoms with van der Waals surface area (Å²) in [6.45, 7) is 11.5. The van der Waals surface area contributed by atoms with Gasteiger partial charge in [0.15, 0.2) is 34.6 Å². The van der Waals surface area contributed by atoms with E-state index in [1.54, 1.807) is 66.7 Å². The van der Waals surface area contributed by atoms with Crippen LogP contribution in [0.15, 0.2) is 93.3 Å². The molecule has 2 amide bonds. The molecule has 0 bridgehead atoms. The Balaban J connectivity index is 1.46. The van der Waals surface area contributed by atoms with Gasteiger partial charge in [0.2, 0.25) is 12.1 Å². The molecule has 2 N–H and O–H groups in total. The fourth-order valence-corrected chi connectivity index (χ4v) is 5.62. The van der Waals surface area contributed by atoms with E-state index in [0.29, 0.717) is 77.6 Å². The number of benzene rings is 4. The molecule has 0 saturated carbocycles. The summed E-state index contributed by atoms with van der Waals surface area (Å²) in [5.41, 5.74) is 2.48. The number of hydrogen-bond acceptors (Lipinski definition) is 12. The maximum atomic E-state index is 13.1. The lowest BCUT2D eigenvalue weighted by Gasteiger charge is -2.14. The number of ether oxygens (including phenoxy) is 4. The van der Waals surface area contributed by atoms with Crippen LogP contribution in [0, 0.1) is 0 Å². The number of anilines is 2. The van der Waals surface area contributed by atoms with E-state index in [1.807, 2.05) is 27.7 Å². The summed E-state index contributed by atoms with van der Waals surface area (Å²) in [5, 5.41) is 22.0. The van der Waals surface area contributed by atoms with Gasteiger partial charge in [0.1, 0.15) is 5.69 Å². The van der Waals surface area contributed by atoms with E-state index < -0.39 is 35.5 Å². The summed E-state index contributed by atoms with van der Waals surface area (Å²) in [6, 6.07) is 16.6. The first-order chi connectivity index (χ1) is 26.9. The number of azo groups is 2. The lowest BCUT2D eigenvalue weighted by Crippen LogP contribution is -2.31. The smallest absolute Gasteiger partial charge is 0.258 e. The van der Waals surface area contributed by atoms with E-state index in [0.717, 1.165) is 0 Å². The van der Waals surface area contributed by atoms with Gasteiger partial charge in [-0.15, -0.1) is 0 Å². The van der Waals surface area contributed by atoms with Crippen molar-refractivity contribution in [2.75, 3.05) is 37.1 Å². The van der Waals surface area contributed by atoms with Crippen LogP contribution in [0.25, 0.3) is 11.1 Å². The van der Waals surface area contributed by atoms with Crippen molar-refractivity contribution in [2.45, 2.75) is 53.6 Å². The average Bonchev–Trinajstić information content (AvgIpc) is 3.14. The van der Waals surface area contributed by atoms with Crippen LogP contribution >= 0.6 is 23.2 Å². The summed E-state index contributed by atoms with van der Waals surface area (Å²) in [6.07, 6.45) is 0. The predicted molar refractivity (Wildman–Crippen MR) is 215 cm³/mol. The maximum Gasteiger partial charge on any atom is 0.258 e. The molecule has 0 spiro atoms. The third-order valence-corrected chi connectivity index (χ3v) is 8.29. The van der Waals surface area contributed by atoms with Crippen LogP contribution in [0.1, 0.15) is 41.5 Å². The molecule has 0 heterocycles. The third-order valence-electron chi connectivity index (χ3n) is 7.67. The van der Waals surface area contributed by atoms with Crippen LogP contribution in [0.2, 0.25) is 10.0 Å². The second-order valence-electron chi connectivity index (χ2n) is 11.8. The molecule has 2 unspecified atom stereocenters. The first-order valence-electron chi connectivity index (χ1n) is 17.7. The number of nitrogens with one attached hydrogen (secondary N) is 2. The largest absolute Gasteiger partial charge is 0.490 e. The van der Waals surface area contributed by atoms with Crippen LogP contribution in [-0.4, -0.2) is 61.9 Å². The number of carbonyl (C=O) groups excluding carboxylic acids is 4. The molecule has 0 radical (unpaired) electrons. The van der Waals surface area contributed by atoms with Crippen molar-refractivity contribution < 1.29 is 38.1 Å². The van der Waals surface area contributed by atoms with Crippen molar-refractivity contribution >= 4 is 69.3 Å². The highest BCUT2D eigenvalue weighted by atomic mass is 35.5. The highest BCUT2D eigenvalue weighted by Crippen LogP contribution is 2.37. The SMILES string of the molecule is CCOc1ccc(NC(=O)C(N=Nc2ccc(-c3ccc(N=NC(C(C)=O)C(=O)Nc4ccc(OCC)c(OCC)c4)c(Cl)c3)c(Cl)c2)C(C)=O)cc1OCC. The Morgan fingerprint density at radius 1 is 0.571 bits per heavy atom. The second kappa shape index (κ2) is 20.7. The van der Waals surface area contributed by atoms with E-state index in [-0.39, 0.29) is 15.7 Å². The van der Waals surface area contributed by atoms with Crippen LogP contribution < -0.4 is 29.6 Å². The molecule has 16 heteroatoms. The average molecular weight is 806 g/mol. The molecule has 0 saturated heterocycles. The van der Waals surface area contributed by atoms with Gasteiger partial charge in [-0.2, -0.15) is 20.5 Å². The zero-order valence-corrected chi connectivity index (χ0v) is 33.2. The Bertz CT molecular complexity index is 2130. The molecule has 4 rings (SSSR count). The lowest BCUT2D eigenvalue weighted by molar-refractivity contribution is -0.127. The molecular formula is C40H42Cl2N6O8. The van der Waals surface area contributed by atoms with E-state index in [4.69, 9.17) is 42.1 Å². The van der Waals surface area contributed by atoms with Gasteiger partial charge >= 0.3 is 0 Å². The van der Waals surface area contributed by atoms with Crippen LogP contribution in [0.3, 0.4) is 0 Å². The first kappa shape index (κ1) is 42.9. The molecule has 0 aliphatic rings. The zero-order chi connectivity index (χ0) is 40.8. The minimum atomic E-state index is -1.45. The fraction of sp³-hybridized carbons (Fsp3) is 0.300. The van der Waals surface area contributed by atoms with Gasteiger partial charge in [-0.1, -0.05) is 35.3 Å². The number of rotatable bonds is 19. The van der Waals surface area contributed by atoms with Crippen molar-refractivity contribution in [2.24, 2.45) is 20.5 Å². The normalized spacial score (nSPS) is 12.2. The molecule has 0 aliphatic carbocycles. The van der Waals surface area contributed by atoms with Crippen LogP contribution in [0.5, 0.6) is 23.0 Å². The van der Waals surface area contributed by atoms with E-state index in [9.17, 15) is 19.2 Å². The number of amides is 2. The number of hydrogen-bond donors (Lipinski definition) is 2. The highest BCUT2D eigenvalue weighted by molar-refractivity contribution is 6.34. The van der Waals surface area contributed by atoms with Crippen molar-refractivity contribution in [3.63, 3.8) is 0 Å². The predicted octanol–water partition coefficient (Wildman–Crippen LogP) is 9.62. The molecule has 4 aromatic carbocycles. The van der Waals surface area contributed by atoms with Gasteiger partial charge in [-0.3, -0.25) is 19.2 Å². The van der Waals surface area contributed by atoms with Crippen molar-refractivity contribution in [1.82, 2.24) is 0 Å². The molecule has 14 nitrogen and oxygen atoms in total. The minimum absolute atomic E-state index is 0.179. The Morgan fingerprint density at radius 3 is 1.50 bits per heavy atom. The monoisotopic (exact) mass is 804 g/mol. The number of halogens is 2. The molecule has 2 atom stereocenters. The van der Waals surface area contributed by atoms with Gasteiger partial charge in [0, 0.05) is 29.1 Å². The van der Waals surface area contributed by atoms with E-state index in [2.05, 4.69) is 31.1 Å². The summed E-state index contributed by atoms with van der Waals surface area (Å²) in [7, 11) is 0. The van der Waals surface area contributed by atoms with Crippen LogP contribution in [-0.2, 0) is 19.2 Å². The van der Waals surface area contributed by atoms with Crippen molar-refractivity contribution in [3.8, 4) is 34.1 Å². The quantitative estimate of drug-likeness (QED) is 0.0695. The van der Waals surface area contributed by atoms with Gasteiger partial charge < -0.3 is 29.6 Å². The second-order valence-corrected chi connectivity index (χ2v) is 12.6. The van der Waals surface area contributed by atoms with E-state index >= 15 is 0 Å². The number of Topliss-reactive ketones (excluding diaryl/α,β-unsaturated/α-hetero) is 2. The Kier molecular flexibility index (Phi) is 15.9. The Labute approximate surface area is 334 Å². The highest BCUT2D eigenvalue weighted by Gasteiger charge is 2.25. The number of carbonyl (C=O) groups is 4. The minimum Gasteiger partial charge on any atom is -0.490 e. The lowest BCUT2D eigenvalue weighted by atomic mass is 10.0. The zero-order valence-electron chi connectivity index (χ0n) is 31.7. The summed E-state index contributed by atoms with van der Waals surface area (Å²) in [4.78, 5) is 50.9. The molecule has 4 aromatic rings. The first-order valence-corrected chi connectivity index (χ1v) is 18.5. The number of nitrogens with zero attached hydrogens (tertiary/aromatic N) is 4. The maximum absolute atomic E-state index is 13.1. The standard InChI is InChI=1S/C40H42Cl2N6O8/c1-7-53-33-17-13-26(21-35(33)55-9-3)43-39(51)37(23(5)49)47-45-28-12-15-29(30(41)20-28)25-11-16-32(31(42)19-25)46-48-38(24(6)50)40(52)44-27-14-18-34(54-8-2)36(22-27)56-10-4/h11-22,37-38H,7-10H2,1-6H3,(H,43,51)(H,44,52). The van der Waals surface area contributed by atoms with Crippen LogP contribution in [0.4, 0.5) is 22.7 Å². The Morgan fingerprint density at radius 2 is 1.05 bits per heavy atom. The Hall–Kier alpha value is -5.86. The summed E-state index contributed by atoms with van der Waals surface area (Å²) in [5.74, 6) is -0.479. The molecule has 294 valence electrons. The topological polar surface area (TPSA) is 179 Å². The van der Waals surface area contributed by atoms with Gasteiger partial charge in [-0.05, 0) is 95.6 Å². The fourth-order valence-electron chi connectivity index (χ4n) is 5.12. The van der Waals surface area contributed by atoms with Gasteiger partial charge in [-0.25, -0.2) is 0 Å². The number of ketones is 2. The van der Waals surface area contributed by atoms with Crippen molar-refractivity contribution in [1.29, 1.82) is 0 Å². The molecule has 0 aliphatic heterocycles. The van der Waals surface area contributed by atoms with Crippen molar-refractivity contribution in [3.05, 3.63) is 82.8 Å². The summed E-state index contributed by atoms with van der Waals surface area (Å²) >= 11 is 13.2. The third kappa shape index (κ3) is 11.6. The summed E-state index contributed by atoms with van der Waals surface area (Å²) < 4.78 is 22.4. The molecule has 0 fully saturated rings. The van der Waals surface area contributed by atoms with Gasteiger partial charge in [0.25, 0.3) is 11.8 Å². The molecule has 0 aromatic heterocycles.